The largest absolute Gasteiger partial charge is 0.284 e. The Hall–Kier alpha value is -1.33. The van der Waals surface area contributed by atoms with Crippen LogP contribution in [0.15, 0.2) is 24.3 Å². The Morgan fingerprint density at radius 2 is 1.72 bits per heavy atom. The van der Waals surface area contributed by atoms with Gasteiger partial charge in [-0.1, -0.05) is 30.7 Å². The predicted octanol–water partition coefficient (Wildman–Crippen LogP) is 3.61. The number of nitrogens with zero attached hydrogens (tertiary/aromatic N) is 2. The first kappa shape index (κ1) is 11.7. The molecule has 1 heterocycles. The van der Waals surface area contributed by atoms with Gasteiger partial charge < -0.3 is 0 Å². The fourth-order valence-corrected chi connectivity index (χ4v) is 2.91. The third-order valence-corrected chi connectivity index (χ3v) is 4.18. The molecule has 1 aromatic rings. The maximum Gasteiger partial charge on any atom is 0.123 e. The van der Waals surface area contributed by atoms with Gasteiger partial charge in [0.25, 0.3) is 0 Å². The lowest BCUT2D eigenvalue weighted by atomic mass is 10.0. The second kappa shape index (κ2) is 5.12. The molecule has 1 unspecified atom stereocenters. The molecule has 1 saturated carbocycles. The number of hydrogen-bond acceptors (Lipinski definition) is 2. The SMILES string of the molecule is N#CC(c1ccc(C2CC2)cc1)N1CCCCC1. The zero-order valence-electron chi connectivity index (χ0n) is 10.8. The Kier molecular flexibility index (Phi) is 3.34. The van der Waals surface area contributed by atoms with Crippen molar-refractivity contribution in [1.82, 2.24) is 4.90 Å². The Balaban J connectivity index is 1.75. The number of rotatable bonds is 3. The van der Waals surface area contributed by atoms with Gasteiger partial charge in [0, 0.05) is 0 Å². The molecule has 94 valence electrons. The third-order valence-electron chi connectivity index (χ3n) is 4.18. The number of benzene rings is 1. The average Bonchev–Trinajstić information content (AvgIpc) is 3.26. The van der Waals surface area contributed by atoms with E-state index in [4.69, 9.17) is 0 Å². The first-order valence-electron chi connectivity index (χ1n) is 7.12. The lowest BCUT2D eigenvalue weighted by Gasteiger charge is -2.30. The first-order valence-corrected chi connectivity index (χ1v) is 7.12. The highest BCUT2D eigenvalue weighted by atomic mass is 15.2. The van der Waals surface area contributed by atoms with Crippen LogP contribution in [0, 0.1) is 11.3 Å². The number of nitriles is 1. The van der Waals surface area contributed by atoms with Crippen molar-refractivity contribution < 1.29 is 0 Å². The van der Waals surface area contributed by atoms with E-state index in [0.29, 0.717) is 0 Å². The smallest absolute Gasteiger partial charge is 0.123 e. The second-order valence-electron chi connectivity index (χ2n) is 5.57. The molecule has 3 rings (SSSR count). The summed E-state index contributed by atoms with van der Waals surface area (Å²) in [6.07, 6.45) is 6.46. The summed E-state index contributed by atoms with van der Waals surface area (Å²) in [6, 6.07) is 11.2. The highest BCUT2D eigenvalue weighted by Crippen LogP contribution is 2.40. The quantitative estimate of drug-likeness (QED) is 0.807. The molecule has 0 bridgehead atoms. The summed E-state index contributed by atoms with van der Waals surface area (Å²) in [5.41, 5.74) is 2.62. The van der Waals surface area contributed by atoms with Gasteiger partial charge in [-0.3, -0.25) is 4.90 Å². The molecule has 1 saturated heterocycles. The van der Waals surface area contributed by atoms with Crippen LogP contribution in [-0.2, 0) is 0 Å². The Labute approximate surface area is 109 Å². The molecule has 0 N–H and O–H groups in total. The molecule has 2 fully saturated rings. The summed E-state index contributed by atoms with van der Waals surface area (Å²) in [6.45, 7) is 2.14. The maximum atomic E-state index is 9.43. The normalized spacial score (nSPS) is 22.4. The number of piperidine rings is 1. The van der Waals surface area contributed by atoms with Gasteiger partial charge in [0.2, 0.25) is 0 Å². The second-order valence-corrected chi connectivity index (χ2v) is 5.57. The van der Waals surface area contributed by atoms with Gasteiger partial charge in [-0.2, -0.15) is 5.26 Å². The van der Waals surface area contributed by atoms with Crippen LogP contribution in [0.3, 0.4) is 0 Å². The lowest BCUT2D eigenvalue weighted by Crippen LogP contribution is -2.33. The van der Waals surface area contributed by atoms with Crippen molar-refractivity contribution in [3.63, 3.8) is 0 Å². The van der Waals surface area contributed by atoms with Crippen molar-refractivity contribution in [1.29, 1.82) is 5.26 Å². The highest BCUT2D eigenvalue weighted by Gasteiger charge is 2.25. The molecule has 1 aliphatic heterocycles. The topological polar surface area (TPSA) is 27.0 Å². The molecule has 18 heavy (non-hydrogen) atoms. The molecule has 0 aromatic heterocycles. The monoisotopic (exact) mass is 240 g/mol. The van der Waals surface area contributed by atoms with Crippen LogP contribution in [0.1, 0.15) is 55.2 Å². The van der Waals surface area contributed by atoms with Gasteiger partial charge in [-0.15, -0.1) is 0 Å². The lowest BCUT2D eigenvalue weighted by molar-refractivity contribution is 0.196. The van der Waals surface area contributed by atoms with E-state index in [1.807, 2.05) is 0 Å². The minimum Gasteiger partial charge on any atom is -0.284 e. The van der Waals surface area contributed by atoms with Crippen molar-refractivity contribution in [2.75, 3.05) is 13.1 Å². The summed E-state index contributed by atoms with van der Waals surface area (Å²) < 4.78 is 0. The summed E-state index contributed by atoms with van der Waals surface area (Å²) >= 11 is 0. The van der Waals surface area contributed by atoms with E-state index in [1.165, 1.54) is 43.2 Å². The first-order chi connectivity index (χ1) is 8.88. The van der Waals surface area contributed by atoms with Gasteiger partial charge in [0.15, 0.2) is 0 Å². The Morgan fingerprint density at radius 3 is 2.28 bits per heavy atom. The van der Waals surface area contributed by atoms with Crippen molar-refractivity contribution >= 4 is 0 Å². The minimum atomic E-state index is -0.0430. The Morgan fingerprint density at radius 1 is 1.06 bits per heavy atom. The highest BCUT2D eigenvalue weighted by molar-refractivity contribution is 5.32. The molecule has 2 aliphatic rings. The van der Waals surface area contributed by atoms with E-state index >= 15 is 0 Å². The van der Waals surface area contributed by atoms with Crippen LogP contribution in [0.5, 0.6) is 0 Å². The van der Waals surface area contributed by atoms with E-state index in [0.717, 1.165) is 19.0 Å². The summed E-state index contributed by atoms with van der Waals surface area (Å²) in [7, 11) is 0. The number of likely N-dealkylation sites (tertiary alicyclic amines) is 1. The van der Waals surface area contributed by atoms with E-state index in [1.54, 1.807) is 0 Å². The van der Waals surface area contributed by atoms with Gasteiger partial charge >= 0.3 is 0 Å². The van der Waals surface area contributed by atoms with Crippen LogP contribution < -0.4 is 0 Å². The van der Waals surface area contributed by atoms with E-state index in [-0.39, 0.29) is 6.04 Å². The standard InChI is InChI=1S/C16H20N2/c17-12-16(18-10-2-1-3-11-18)15-8-6-14(7-9-15)13-4-5-13/h6-9,13,16H,1-5,10-11H2. The third kappa shape index (κ3) is 2.42. The molecular formula is C16H20N2. The summed E-state index contributed by atoms with van der Waals surface area (Å²) in [5.74, 6) is 0.801. The van der Waals surface area contributed by atoms with Gasteiger partial charge in [-0.05, 0) is 55.8 Å². The summed E-state index contributed by atoms with van der Waals surface area (Å²) in [4.78, 5) is 2.33. The van der Waals surface area contributed by atoms with Crippen LogP contribution in [0.4, 0.5) is 0 Å². The molecule has 0 radical (unpaired) electrons. The van der Waals surface area contributed by atoms with Crippen molar-refractivity contribution in [2.24, 2.45) is 0 Å². The predicted molar refractivity (Wildman–Crippen MR) is 72.2 cm³/mol. The number of hydrogen-bond donors (Lipinski definition) is 0. The minimum absolute atomic E-state index is 0.0430. The molecule has 0 amide bonds. The van der Waals surface area contributed by atoms with E-state index in [9.17, 15) is 5.26 Å². The molecule has 2 nitrogen and oxygen atoms in total. The van der Waals surface area contributed by atoms with E-state index < -0.39 is 0 Å². The van der Waals surface area contributed by atoms with Crippen LogP contribution in [-0.4, -0.2) is 18.0 Å². The average molecular weight is 240 g/mol. The fraction of sp³-hybridized carbons (Fsp3) is 0.562. The molecule has 0 spiro atoms. The van der Waals surface area contributed by atoms with Gasteiger partial charge in [0.1, 0.15) is 6.04 Å². The van der Waals surface area contributed by atoms with Gasteiger partial charge in [-0.25, -0.2) is 0 Å². The summed E-state index contributed by atoms with van der Waals surface area (Å²) in [5, 5.41) is 9.43. The molecular weight excluding hydrogens is 220 g/mol. The molecule has 1 atom stereocenters. The van der Waals surface area contributed by atoms with Crippen LogP contribution >= 0.6 is 0 Å². The molecule has 2 heteroatoms. The molecule has 1 aromatic carbocycles. The Bertz CT molecular complexity index is 433. The maximum absolute atomic E-state index is 9.43. The van der Waals surface area contributed by atoms with Crippen molar-refractivity contribution in [3.8, 4) is 6.07 Å². The zero-order valence-corrected chi connectivity index (χ0v) is 10.8. The zero-order chi connectivity index (χ0) is 12.4. The van der Waals surface area contributed by atoms with Crippen molar-refractivity contribution in [2.45, 2.75) is 44.1 Å². The fourth-order valence-electron chi connectivity index (χ4n) is 2.91. The van der Waals surface area contributed by atoms with Gasteiger partial charge in [0.05, 0.1) is 6.07 Å². The van der Waals surface area contributed by atoms with Crippen molar-refractivity contribution in [3.05, 3.63) is 35.4 Å². The van der Waals surface area contributed by atoms with E-state index in [2.05, 4.69) is 35.2 Å². The molecule has 1 aliphatic carbocycles. The van der Waals surface area contributed by atoms with Crippen LogP contribution in [0.25, 0.3) is 0 Å². The van der Waals surface area contributed by atoms with Crippen LogP contribution in [0.2, 0.25) is 0 Å².